The molecule has 0 N–H and O–H groups in total. The average Bonchev–Trinajstić information content (AvgIpc) is 3.14. The highest BCUT2D eigenvalue weighted by Gasteiger charge is 2.16. The first-order valence-electron chi connectivity index (χ1n) is 10.9. The van der Waals surface area contributed by atoms with E-state index in [0.29, 0.717) is 23.4 Å². The fraction of sp³-hybridized carbons (Fsp3) is 0.185. The molecule has 172 valence electrons. The molecular formula is C27H24N2O5. The summed E-state index contributed by atoms with van der Waals surface area (Å²) in [6, 6.07) is 20.5. The minimum absolute atomic E-state index is 0.0629. The summed E-state index contributed by atoms with van der Waals surface area (Å²) in [4.78, 5) is 40.3. The highest BCUT2D eigenvalue weighted by Crippen LogP contribution is 2.31. The molecule has 7 heteroatoms. The van der Waals surface area contributed by atoms with E-state index in [0.717, 1.165) is 27.4 Å². The smallest absolute Gasteiger partial charge is 0.331 e. The van der Waals surface area contributed by atoms with Gasteiger partial charge in [0.2, 0.25) is 0 Å². The molecule has 1 heterocycles. The maximum absolute atomic E-state index is 13.1. The summed E-state index contributed by atoms with van der Waals surface area (Å²) in [5, 5.41) is 5.69. The maximum Gasteiger partial charge on any atom is 0.331 e. The second kappa shape index (κ2) is 9.70. The summed E-state index contributed by atoms with van der Waals surface area (Å²) in [6.45, 7) is 5.13. The second-order valence-corrected chi connectivity index (χ2v) is 7.91. The molecule has 0 fully saturated rings. The van der Waals surface area contributed by atoms with Crippen molar-refractivity contribution in [1.29, 1.82) is 0 Å². The molecule has 34 heavy (non-hydrogen) atoms. The van der Waals surface area contributed by atoms with Gasteiger partial charge in [0.15, 0.2) is 5.78 Å². The number of fused-ring (bicyclic) bond motifs is 3. The fourth-order valence-electron chi connectivity index (χ4n) is 3.93. The molecule has 0 aliphatic carbocycles. The van der Waals surface area contributed by atoms with Gasteiger partial charge < -0.3 is 14.1 Å². The van der Waals surface area contributed by atoms with Crippen LogP contribution in [-0.2, 0) is 25.7 Å². The number of rotatable bonds is 7. The van der Waals surface area contributed by atoms with Crippen molar-refractivity contribution in [3.63, 3.8) is 0 Å². The summed E-state index contributed by atoms with van der Waals surface area (Å²) >= 11 is 0. The third-order valence-electron chi connectivity index (χ3n) is 5.51. The maximum atomic E-state index is 13.1. The Kier molecular flexibility index (Phi) is 6.54. The Hall–Kier alpha value is -4.26. The summed E-state index contributed by atoms with van der Waals surface area (Å²) in [7, 11) is 0. The number of carbonyl (C=O) groups excluding carboxylic acids is 3. The Labute approximate surface area is 196 Å². The van der Waals surface area contributed by atoms with E-state index >= 15 is 0 Å². The van der Waals surface area contributed by atoms with E-state index in [1.165, 1.54) is 13.8 Å². The molecule has 4 rings (SSSR count). The Balaban J connectivity index is 1.85. The lowest BCUT2D eigenvalue weighted by Gasteiger charge is -2.08. The predicted octanol–water partition coefficient (Wildman–Crippen LogP) is 4.88. The average molecular weight is 456 g/mol. The van der Waals surface area contributed by atoms with Crippen LogP contribution in [0.5, 0.6) is 0 Å². The van der Waals surface area contributed by atoms with Crippen molar-refractivity contribution in [2.45, 2.75) is 27.3 Å². The molecule has 0 radical (unpaired) electrons. The molecule has 7 nitrogen and oxygen atoms in total. The van der Waals surface area contributed by atoms with Crippen LogP contribution in [0.4, 0.5) is 0 Å². The first-order chi connectivity index (χ1) is 16.3. The highest BCUT2D eigenvalue weighted by molar-refractivity contribution is 6.15. The standard InChI is InChI=1S/C27H24N2O5/c1-17(28-34-19(3)31)21-9-11-25-23(15-21)24-16-22(27(32)20-7-5-4-6-8-20)10-12-26(24)29(25)13-14-33-18(2)30/h4-12,15-16H,13-14H2,1-3H3/b28-17-. The Bertz CT molecular complexity index is 1430. The van der Waals surface area contributed by atoms with Gasteiger partial charge in [-0.3, -0.25) is 9.59 Å². The Morgan fingerprint density at radius 3 is 2.00 bits per heavy atom. The Morgan fingerprint density at radius 1 is 0.765 bits per heavy atom. The SMILES string of the molecule is CC(=O)OCCn1c2ccc(C(=O)c3ccccc3)cc2c2cc(/C(C)=N\OC(C)=O)ccc21. The van der Waals surface area contributed by atoms with Crippen molar-refractivity contribution in [3.8, 4) is 0 Å². The summed E-state index contributed by atoms with van der Waals surface area (Å²) in [5.41, 5.74) is 4.37. The first kappa shape index (κ1) is 22.9. The van der Waals surface area contributed by atoms with E-state index in [4.69, 9.17) is 9.57 Å². The van der Waals surface area contributed by atoms with E-state index in [2.05, 4.69) is 9.72 Å². The molecule has 0 saturated carbocycles. The number of hydrogen-bond donors (Lipinski definition) is 0. The number of carbonyl (C=O) groups is 3. The lowest BCUT2D eigenvalue weighted by atomic mass is 10.0. The van der Waals surface area contributed by atoms with Gasteiger partial charge in [-0.15, -0.1) is 0 Å². The van der Waals surface area contributed by atoms with Crippen molar-refractivity contribution in [3.05, 3.63) is 83.4 Å². The van der Waals surface area contributed by atoms with Gasteiger partial charge in [0.25, 0.3) is 0 Å². The quantitative estimate of drug-likeness (QED) is 0.130. The molecule has 0 amide bonds. The zero-order chi connectivity index (χ0) is 24.2. The molecule has 0 aliphatic rings. The zero-order valence-electron chi connectivity index (χ0n) is 19.2. The number of ether oxygens (including phenoxy) is 1. The number of ketones is 1. The van der Waals surface area contributed by atoms with E-state index < -0.39 is 5.97 Å². The normalized spacial score (nSPS) is 11.6. The van der Waals surface area contributed by atoms with E-state index in [-0.39, 0.29) is 18.4 Å². The number of aromatic nitrogens is 1. The van der Waals surface area contributed by atoms with E-state index in [1.54, 1.807) is 19.1 Å². The third-order valence-corrected chi connectivity index (χ3v) is 5.51. The molecule has 0 atom stereocenters. The van der Waals surface area contributed by atoms with Crippen LogP contribution in [0.25, 0.3) is 21.8 Å². The zero-order valence-corrected chi connectivity index (χ0v) is 19.2. The van der Waals surface area contributed by atoms with Gasteiger partial charge in [0, 0.05) is 46.8 Å². The molecule has 3 aromatic carbocycles. The van der Waals surface area contributed by atoms with Crippen molar-refractivity contribution in [2.75, 3.05) is 6.61 Å². The van der Waals surface area contributed by atoms with Gasteiger partial charge in [-0.1, -0.05) is 41.6 Å². The summed E-state index contributed by atoms with van der Waals surface area (Å²) < 4.78 is 7.23. The van der Waals surface area contributed by atoms with Crippen LogP contribution in [0.2, 0.25) is 0 Å². The monoisotopic (exact) mass is 456 g/mol. The van der Waals surface area contributed by atoms with Gasteiger partial charge >= 0.3 is 11.9 Å². The lowest BCUT2D eigenvalue weighted by Crippen LogP contribution is -2.08. The lowest BCUT2D eigenvalue weighted by molar-refractivity contribution is -0.142. The van der Waals surface area contributed by atoms with E-state index in [1.807, 2.05) is 54.6 Å². The molecule has 0 spiro atoms. The van der Waals surface area contributed by atoms with Crippen molar-refractivity contribution in [1.82, 2.24) is 4.57 Å². The van der Waals surface area contributed by atoms with Crippen LogP contribution in [0.1, 0.15) is 42.3 Å². The second-order valence-electron chi connectivity index (χ2n) is 7.91. The van der Waals surface area contributed by atoms with Crippen molar-refractivity contribution in [2.24, 2.45) is 5.16 Å². The molecule has 0 aliphatic heterocycles. The van der Waals surface area contributed by atoms with Gasteiger partial charge in [-0.05, 0) is 42.8 Å². The molecule has 0 saturated heterocycles. The van der Waals surface area contributed by atoms with Crippen LogP contribution >= 0.6 is 0 Å². The Morgan fingerprint density at radius 2 is 1.38 bits per heavy atom. The molecular weight excluding hydrogens is 432 g/mol. The number of nitrogens with zero attached hydrogens (tertiary/aromatic N) is 2. The molecule has 0 unspecified atom stereocenters. The molecule has 0 bridgehead atoms. The third kappa shape index (κ3) is 4.73. The number of oxime groups is 1. The van der Waals surface area contributed by atoms with Gasteiger partial charge in [0.05, 0.1) is 12.3 Å². The topological polar surface area (TPSA) is 87.0 Å². The van der Waals surface area contributed by atoms with Crippen molar-refractivity contribution < 1.29 is 24.0 Å². The van der Waals surface area contributed by atoms with Gasteiger partial charge in [-0.25, -0.2) is 4.79 Å². The number of esters is 1. The minimum Gasteiger partial charge on any atom is -0.464 e. The first-order valence-corrected chi connectivity index (χ1v) is 10.9. The number of benzene rings is 3. The van der Waals surface area contributed by atoms with Crippen molar-refractivity contribution >= 4 is 45.2 Å². The van der Waals surface area contributed by atoms with Crippen LogP contribution in [0.15, 0.2) is 71.9 Å². The van der Waals surface area contributed by atoms with Gasteiger partial charge in [0.1, 0.15) is 6.61 Å². The molecule has 1 aromatic heterocycles. The highest BCUT2D eigenvalue weighted by atomic mass is 16.7. The molecule has 4 aromatic rings. The van der Waals surface area contributed by atoms with Crippen LogP contribution < -0.4 is 0 Å². The van der Waals surface area contributed by atoms with Crippen LogP contribution in [0, 0.1) is 0 Å². The van der Waals surface area contributed by atoms with E-state index in [9.17, 15) is 14.4 Å². The number of hydrogen-bond acceptors (Lipinski definition) is 6. The fourth-order valence-corrected chi connectivity index (χ4v) is 3.93. The van der Waals surface area contributed by atoms with Gasteiger partial charge in [-0.2, -0.15) is 0 Å². The predicted molar refractivity (Wildman–Crippen MR) is 130 cm³/mol. The van der Waals surface area contributed by atoms with Crippen LogP contribution in [-0.4, -0.2) is 34.6 Å². The largest absolute Gasteiger partial charge is 0.464 e. The summed E-state index contributed by atoms with van der Waals surface area (Å²) in [6.07, 6.45) is 0. The van der Waals surface area contributed by atoms with Crippen LogP contribution in [0.3, 0.4) is 0 Å². The minimum atomic E-state index is -0.494. The summed E-state index contributed by atoms with van der Waals surface area (Å²) in [5.74, 6) is -0.894.